The molecule has 0 aliphatic heterocycles. The molecule has 0 atom stereocenters. The molecule has 0 unspecified atom stereocenters. The molecule has 4 N–H and O–H groups in total. The van der Waals surface area contributed by atoms with Crippen LogP contribution in [0.2, 0.25) is 0 Å². The number of hydrogen-bond acceptors (Lipinski definition) is 11. The van der Waals surface area contributed by atoms with Crippen LogP contribution in [0, 0.1) is 0 Å². The standard InChI is InChI=1S/C9H18O4.C8H14O4.C5H10O4/c1-9(2,3)13-8(11)4-6-12-7-5-10;1-2-5-12-8(10)3-6-11-7-4-9;6-2-4-9-3-1-5(7)8/h10H,4-7H2,1-3H3;2,9H,1,3-7H2;6H,1-4H2,(H,7,8). The molecule has 0 amide bonds. The third-order valence-electron chi connectivity index (χ3n) is 2.85. The zero-order chi connectivity index (χ0) is 26.7. The van der Waals surface area contributed by atoms with Crippen LogP contribution in [0.25, 0.3) is 0 Å². The first kappa shape index (κ1) is 36.5. The van der Waals surface area contributed by atoms with Crippen molar-refractivity contribution in [2.45, 2.75) is 45.6 Å². The van der Waals surface area contributed by atoms with E-state index in [9.17, 15) is 14.4 Å². The van der Waals surface area contributed by atoms with Gasteiger partial charge in [-0.2, -0.15) is 0 Å². The number of carbonyl (C=O) groups is 3. The summed E-state index contributed by atoms with van der Waals surface area (Å²) < 4.78 is 24.1. The third kappa shape index (κ3) is 40.3. The zero-order valence-corrected chi connectivity index (χ0v) is 20.5. The van der Waals surface area contributed by atoms with Crippen LogP contribution in [-0.4, -0.2) is 110 Å². The number of aliphatic carboxylic acids is 1. The van der Waals surface area contributed by atoms with E-state index in [0.717, 1.165) is 0 Å². The molecule has 0 saturated heterocycles. The number of carboxylic acid groups (broad SMARTS) is 1. The summed E-state index contributed by atoms with van der Waals surface area (Å²) in [6.07, 6.45) is 1.96. The number of carboxylic acids is 1. The minimum Gasteiger partial charge on any atom is -0.481 e. The van der Waals surface area contributed by atoms with Gasteiger partial charge in [0.25, 0.3) is 0 Å². The van der Waals surface area contributed by atoms with E-state index in [1.165, 1.54) is 6.08 Å². The fourth-order valence-corrected chi connectivity index (χ4v) is 1.59. The summed E-state index contributed by atoms with van der Waals surface area (Å²) in [7, 11) is 0. The van der Waals surface area contributed by atoms with Crippen LogP contribution in [0.5, 0.6) is 0 Å². The lowest BCUT2D eigenvalue weighted by Gasteiger charge is -2.19. The molecule has 0 heterocycles. The number of aliphatic hydroxyl groups excluding tert-OH is 3. The van der Waals surface area contributed by atoms with E-state index in [1.807, 2.05) is 20.8 Å². The lowest BCUT2D eigenvalue weighted by Crippen LogP contribution is -2.24. The Morgan fingerprint density at radius 1 is 0.735 bits per heavy atom. The average Bonchev–Trinajstić information content (AvgIpc) is 2.75. The van der Waals surface area contributed by atoms with E-state index in [1.54, 1.807) is 0 Å². The largest absolute Gasteiger partial charge is 0.481 e. The molecule has 0 aromatic heterocycles. The van der Waals surface area contributed by atoms with Gasteiger partial charge in [0.15, 0.2) is 0 Å². The monoisotopic (exact) mass is 498 g/mol. The van der Waals surface area contributed by atoms with E-state index in [4.69, 9.17) is 34.6 Å². The highest BCUT2D eigenvalue weighted by molar-refractivity contribution is 5.70. The minimum atomic E-state index is -0.882. The predicted molar refractivity (Wildman–Crippen MR) is 122 cm³/mol. The van der Waals surface area contributed by atoms with Gasteiger partial charge in [-0.15, -0.1) is 0 Å². The van der Waals surface area contributed by atoms with Gasteiger partial charge in [0, 0.05) is 0 Å². The molecule has 12 nitrogen and oxygen atoms in total. The lowest BCUT2D eigenvalue weighted by atomic mass is 10.2. The Labute approximate surface area is 201 Å². The van der Waals surface area contributed by atoms with Crippen molar-refractivity contribution in [3.8, 4) is 0 Å². The second kappa shape index (κ2) is 27.2. The number of esters is 2. The second-order valence-corrected chi connectivity index (χ2v) is 7.21. The molecule has 0 fully saturated rings. The smallest absolute Gasteiger partial charge is 0.308 e. The molecule has 0 aliphatic rings. The molecule has 0 bridgehead atoms. The summed E-state index contributed by atoms with van der Waals surface area (Å²) in [6.45, 7) is 10.5. The van der Waals surface area contributed by atoms with Gasteiger partial charge >= 0.3 is 17.9 Å². The van der Waals surface area contributed by atoms with Crippen molar-refractivity contribution >= 4 is 17.9 Å². The van der Waals surface area contributed by atoms with Gasteiger partial charge in [0.2, 0.25) is 0 Å². The maximum Gasteiger partial charge on any atom is 0.308 e. The molecular weight excluding hydrogens is 456 g/mol. The molecule has 0 rings (SSSR count). The predicted octanol–water partition coefficient (Wildman–Crippen LogP) is 0.312. The quantitative estimate of drug-likeness (QED) is 0.123. The number of aliphatic hydroxyl groups is 3. The van der Waals surface area contributed by atoms with Gasteiger partial charge in [0.05, 0.1) is 78.7 Å². The number of carbonyl (C=O) groups excluding carboxylic acids is 2. The van der Waals surface area contributed by atoms with Gasteiger partial charge in [-0.05, 0) is 20.8 Å². The molecule has 0 radical (unpaired) electrons. The summed E-state index contributed by atoms with van der Waals surface area (Å²) in [5, 5.41) is 32.9. The first-order valence-electron chi connectivity index (χ1n) is 10.8. The maximum atomic E-state index is 11.1. The third-order valence-corrected chi connectivity index (χ3v) is 2.85. The number of hydrogen-bond donors (Lipinski definition) is 4. The van der Waals surface area contributed by atoms with Crippen molar-refractivity contribution in [3.05, 3.63) is 12.7 Å². The van der Waals surface area contributed by atoms with Gasteiger partial charge in [-0.1, -0.05) is 12.7 Å². The first-order chi connectivity index (χ1) is 16.0. The van der Waals surface area contributed by atoms with Crippen molar-refractivity contribution in [3.63, 3.8) is 0 Å². The molecule has 0 aromatic carbocycles. The summed E-state index contributed by atoms with van der Waals surface area (Å²) >= 11 is 0. The van der Waals surface area contributed by atoms with Gasteiger partial charge < -0.3 is 44.1 Å². The van der Waals surface area contributed by atoms with Gasteiger partial charge in [-0.25, -0.2) is 0 Å². The SMILES string of the molecule is C=CCOC(=O)CCOCCO.CC(C)(C)OC(=O)CCOCCO.O=C(O)CCOCCO. The highest BCUT2D eigenvalue weighted by Crippen LogP contribution is 2.07. The first-order valence-corrected chi connectivity index (χ1v) is 10.8. The van der Waals surface area contributed by atoms with Gasteiger partial charge in [-0.3, -0.25) is 14.4 Å². The molecule has 202 valence electrons. The number of rotatable bonds is 17. The van der Waals surface area contributed by atoms with Crippen LogP contribution >= 0.6 is 0 Å². The summed E-state index contributed by atoms with van der Waals surface area (Å²) in [5.74, 6) is -1.47. The van der Waals surface area contributed by atoms with Crippen molar-refractivity contribution < 1.29 is 58.5 Å². The Bertz CT molecular complexity index is 503. The zero-order valence-electron chi connectivity index (χ0n) is 20.5. The molecular formula is C22H42O12. The Kier molecular flexibility index (Phi) is 29.1. The van der Waals surface area contributed by atoms with Gasteiger partial charge in [0.1, 0.15) is 12.2 Å². The van der Waals surface area contributed by atoms with Crippen LogP contribution in [0.4, 0.5) is 0 Å². The topological polar surface area (TPSA) is 178 Å². The van der Waals surface area contributed by atoms with E-state index in [-0.39, 0.29) is 90.7 Å². The van der Waals surface area contributed by atoms with Crippen LogP contribution in [0.15, 0.2) is 12.7 Å². The normalized spacial score (nSPS) is 10.2. The van der Waals surface area contributed by atoms with Crippen LogP contribution < -0.4 is 0 Å². The van der Waals surface area contributed by atoms with E-state index in [0.29, 0.717) is 6.61 Å². The van der Waals surface area contributed by atoms with E-state index in [2.05, 4.69) is 16.1 Å². The molecule has 0 spiro atoms. The average molecular weight is 499 g/mol. The van der Waals surface area contributed by atoms with Crippen LogP contribution in [-0.2, 0) is 38.1 Å². The van der Waals surface area contributed by atoms with E-state index >= 15 is 0 Å². The maximum absolute atomic E-state index is 11.1. The van der Waals surface area contributed by atoms with Crippen LogP contribution in [0.1, 0.15) is 40.0 Å². The molecule has 34 heavy (non-hydrogen) atoms. The highest BCUT2D eigenvalue weighted by atomic mass is 16.6. The minimum absolute atomic E-state index is 0. The summed E-state index contributed by atoms with van der Waals surface area (Å²) in [4.78, 5) is 31.6. The summed E-state index contributed by atoms with van der Waals surface area (Å²) in [6, 6.07) is 0. The molecule has 0 aliphatic carbocycles. The molecule has 0 saturated carbocycles. The van der Waals surface area contributed by atoms with E-state index < -0.39 is 11.6 Å². The van der Waals surface area contributed by atoms with Crippen molar-refractivity contribution in [2.75, 3.05) is 66.1 Å². The fraction of sp³-hybridized carbons (Fsp3) is 0.773. The Balaban J connectivity index is -0.000000431. The fourth-order valence-electron chi connectivity index (χ4n) is 1.59. The van der Waals surface area contributed by atoms with Crippen LogP contribution in [0.3, 0.4) is 0 Å². The second-order valence-electron chi connectivity index (χ2n) is 7.21. The van der Waals surface area contributed by atoms with Crippen molar-refractivity contribution in [1.29, 1.82) is 0 Å². The molecule has 12 heteroatoms. The Hall–Kier alpha value is -2.09. The number of ether oxygens (including phenoxy) is 5. The van der Waals surface area contributed by atoms with Crippen molar-refractivity contribution in [2.24, 2.45) is 0 Å². The Morgan fingerprint density at radius 2 is 1.15 bits per heavy atom. The summed E-state index contributed by atoms with van der Waals surface area (Å²) in [5.41, 5.74) is -0.436. The Morgan fingerprint density at radius 3 is 1.50 bits per heavy atom. The van der Waals surface area contributed by atoms with Crippen molar-refractivity contribution in [1.82, 2.24) is 0 Å². The highest BCUT2D eigenvalue weighted by Gasteiger charge is 2.15. The lowest BCUT2D eigenvalue weighted by molar-refractivity contribution is -0.156. The molecule has 0 aromatic rings.